The van der Waals surface area contributed by atoms with Gasteiger partial charge < -0.3 is 4.90 Å². The van der Waals surface area contributed by atoms with E-state index in [0.717, 1.165) is 37.9 Å². The van der Waals surface area contributed by atoms with E-state index in [4.69, 9.17) is 0 Å². The lowest BCUT2D eigenvalue weighted by Crippen LogP contribution is -2.46. The minimum absolute atomic E-state index is 0.118. The van der Waals surface area contributed by atoms with Crippen molar-refractivity contribution in [2.75, 3.05) is 26.2 Å². The lowest BCUT2D eigenvalue weighted by Gasteiger charge is -2.34. The zero-order valence-corrected chi connectivity index (χ0v) is 18.6. The lowest BCUT2D eigenvalue weighted by atomic mass is 9.98. The number of nitrogens with zero attached hydrogens (tertiary/aromatic N) is 5. The number of hydrogen-bond acceptors (Lipinski definition) is 5. The van der Waals surface area contributed by atoms with Crippen molar-refractivity contribution in [1.29, 1.82) is 0 Å². The predicted molar refractivity (Wildman–Crippen MR) is 114 cm³/mol. The fourth-order valence-corrected chi connectivity index (χ4v) is 6.07. The van der Waals surface area contributed by atoms with Crippen molar-refractivity contribution in [1.82, 2.24) is 24.2 Å². The molecule has 1 atom stereocenters. The lowest BCUT2D eigenvalue weighted by molar-refractivity contribution is -0.136. The van der Waals surface area contributed by atoms with Crippen molar-refractivity contribution >= 4 is 27.0 Å². The molecule has 1 unspecified atom stereocenters. The first-order chi connectivity index (χ1) is 14.4. The Bertz CT molecular complexity index is 1010. The van der Waals surface area contributed by atoms with E-state index < -0.39 is 10.0 Å². The van der Waals surface area contributed by atoms with Crippen LogP contribution in [-0.2, 0) is 14.8 Å². The second-order valence-corrected chi connectivity index (χ2v) is 10.7. The van der Waals surface area contributed by atoms with E-state index in [1.807, 2.05) is 18.7 Å². The topological polar surface area (TPSA) is 88.4 Å². The summed E-state index contributed by atoms with van der Waals surface area (Å²) in [5, 5.41) is 8.27. The quantitative estimate of drug-likeness (QED) is 0.740. The van der Waals surface area contributed by atoms with Crippen LogP contribution in [0.15, 0.2) is 23.1 Å². The molecule has 2 fully saturated rings. The zero-order valence-electron chi connectivity index (χ0n) is 17.8. The number of hydrogen-bond donors (Lipinski definition) is 0. The highest BCUT2D eigenvalue weighted by molar-refractivity contribution is 7.89. The number of rotatable bonds is 4. The van der Waals surface area contributed by atoms with Gasteiger partial charge >= 0.3 is 0 Å². The molecule has 4 rings (SSSR count). The minimum atomic E-state index is -3.68. The van der Waals surface area contributed by atoms with Gasteiger partial charge in [0.1, 0.15) is 5.52 Å². The third-order valence-electron chi connectivity index (χ3n) is 6.22. The Balaban J connectivity index is 1.53. The summed E-state index contributed by atoms with van der Waals surface area (Å²) in [6, 6.07) is 5.13. The van der Waals surface area contributed by atoms with Gasteiger partial charge in [-0.25, -0.2) is 13.1 Å². The fraction of sp³-hybridized carbons (Fsp3) is 0.667. The van der Waals surface area contributed by atoms with Gasteiger partial charge in [0, 0.05) is 32.2 Å². The van der Waals surface area contributed by atoms with Crippen molar-refractivity contribution < 1.29 is 13.2 Å². The number of carbonyl (C=O) groups is 1. The largest absolute Gasteiger partial charge is 0.342 e. The van der Waals surface area contributed by atoms with Gasteiger partial charge in [-0.3, -0.25) is 4.79 Å². The van der Waals surface area contributed by atoms with Gasteiger partial charge in [-0.05, 0) is 57.7 Å². The molecule has 2 aliphatic rings. The van der Waals surface area contributed by atoms with Gasteiger partial charge in [-0.2, -0.15) is 4.31 Å². The Morgan fingerprint density at radius 1 is 1.07 bits per heavy atom. The maximum absolute atomic E-state index is 13.3. The molecule has 0 spiro atoms. The van der Waals surface area contributed by atoms with Crippen LogP contribution in [-0.4, -0.2) is 64.7 Å². The van der Waals surface area contributed by atoms with Crippen LogP contribution in [0, 0.1) is 5.92 Å². The normalized spacial score (nSPS) is 21.8. The molecule has 8 nitrogen and oxygen atoms in total. The van der Waals surface area contributed by atoms with Gasteiger partial charge in [0.25, 0.3) is 0 Å². The molecule has 164 valence electrons. The number of aromatic nitrogens is 3. The molecular formula is C21H31N5O3S. The summed E-state index contributed by atoms with van der Waals surface area (Å²) >= 11 is 0. The molecule has 30 heavy (non-hydrogen) atoms. The van der Waals surface area contributed by atoms with Crippen LogP contribution >= 0.6 is 0 Å². The molecular weight excluding hydrogens is 402 g/mol. The van der Waals surface area contributed by atoms with E-state index in [1.165, 1.54) is 17.1 Å². The molecule has 1 aromatic carbocycles. The molecule has 2 saturated heterocycles. The minimum Gasteiger partial charge on any atom is -0.342 e. The van der Waals surface area contributed by atoms with Crippen LogP contribution in [0.5, 0.6) is 0 Å². The summed E-state index contributed by atoms with van der Waals surface area (Å²) in [6.07, 6.45) is 5.87. The highest BCUT2D eigenvalue weighted by Crippen LogP contribution is 2.27. The Morgan fingerprint density at radius 2 is 1.80 bits per heavy atom. The molecule has 2 aliphatic heterocycles. The van der Waals surface area contributed by atoms with Crippen molar-refractivity contribution in [3.63, 3.8) is 0 Å². The number of carbonyl (C=O) groups excluding carboxylic acids is 1. The van der Waals surface area contributed by atoms with Crippen LogP contribution in [0.25, 0.3) is 11.0 Å². The van der Waals surface area contributed by atoms with E-state index in [9.17, 15) is 13.2 Å². The first-order valence-electron chi connectivity index (χ1n) is 11.0. The SMILES string of the molecule is CC(C)n1nnc2cc(S(=O)(=O)N3CCCC(C(=O)N4CCCCCC4)C3)ccc21. The third-order valence-corrected chi connectivity index (χ3v) is 8.08. The van der Waals surface area contributed by atoms with Crippen LogP contribution in [0.2, 0.25) is 0 Å². The van der Waals surface area contributed by atoms with Gasteiger partial charge in [0.2, 0.25) is 15.9 Å². The second-order valence-electron chi connectivity index (χ2n) is 8.72. The highest BCUT2D eigenvalue weighted by Gasteiger charge is 2.35. The van der Waals surface area contributed by atoms with E-state index >= 15 is 0 Å². The maximum Gasteiger partial charge on any atom is 0.243 e. The van der Waals surface area contributed by atoms with Crippen molar-refractivity contribution in [2.45, 2.75) is 63.3 Å². The average Bonchev–Trinajstić information content (AvgIpc) is 2.99. The zero-order chi connectivity index (χ0) is 21.3. The molecule has 0 N–H and O–H groups in total. The molecule has 1 amide bonds. The Hall–Kier alpha value is -2.00. The molecule has 0 saturated carbocycles. The summed E-state index contributed by atoms with van der Waals surface area (Å²) in [6.45, 7) is 6.31. The van der Waals surface area contributed by atoms with Crippen molar-refractivity contribution in [3.8, 4) is 0 Å². The van der Waals surface area contributed by atoms with Gasteiger partial charge in [-0.1, -0.05) is 18.1 Å². The molecule has 0 radical (unpaired) electrons. The fourth-order valence-electron chi connectivity index (χ4n) is 4.52. The highest BCUT2D eigenvalue weighted by atomic mass is 32.2. The van der Waals surface area contributed by atoms with Crippen LogP contribution < -0.4 is 0 Å². The van der Waals surface area contributed by atoms with Crippen LogP contribution in [0.1, 0.15) is 58.4 Å². The molecule has 9 heteroatoms. The smallest absolute Gasteiger partial charge is 0.243 e. The number of fused-ring (bicyclic) bond motifs is 1. The number of amides is 1. The van der Waals surface area contributed by atoms with E-state index in [-0.39, 0.29) is 29.3 Å². The predicted octanol–water partition coefficient (Wildman–Crippen LogP) is 2.82. The van der Waals surface area contributed by atoms with Crippen molar-refractivity contribution in [3.05, 3.63) is 18.2 Å². The van der Waals surface area contributed by atoms with E-state index in [2.05, 4.69) is 10.3 Å². The standard InChI is InChI=1S/C21H31N5O3S/c1-16(2)26-20-10-9-18(14-19(20)22-23-26)30(28,29)25-13-7-8-17(15-25)21(27)24-11-5-3-4-6-12-24/h9-10,14,16-17H,3-8,11-13,15H2,1-2H3. The summed E-state index contributed by atoms with van der Waals surface area (Å²) in [7, 11) is -3.68. The first-order valence-corrected chi connectivity index (χ1v) is 12.5. The first kappa shape index (κ1) is 21.2. The molecule has 0 aliphatic carbocycles. The van der Waals surface area contributed by atoms with Gasteiger partial charge in [0.05, 0.1) is 16.3 Å². The van der Waals surface area contributed by atoms with Crippen molar-refractivity contribution in [2.24, 2.45) is 5.92 Å². The summed E-state index contributed by atoms with van der Waals surface area (Å²) in [5.74, 6) is -0.135. The van der Waals surface area contributed by atoms with Crippen LogP contribution in [0.3, 0.4) is 0 Å². The van der Waals surface area contributed by atoms with Gasteiger partial charge in [-0.15, -0.1) is 5.10 Å². The number of piperidine rings is 1. The number of likely N-dealkylation sites (tertiary alicyclic amines) is 1. The summed E-state index contributed by atoms with van der Waals surface area (Å²) < 4.78 is 29.9. The molecule has 1 aromatic heterocycles. The molecule has 3 heterocycles. The Labute approximate surface area is 178 Å². The maximum atomic E-state index is 13.3. The number of sulfonamides is 1. The molecule has 2 aromatic rings. The number of benzene rings is 1. The van der Waals surface area contributed by atoms with Crippen LogP contribution in [0.4, 0.5) is 0 Å². The van der Waals surface area contributed by atoms with E-state index in [0.29, 0.717) is 18.5 Å². The summed E-state index contributed by atoms with van der Waals surface area (Å²) in [4.78, 5) is 15.2. The third kappa shape index (κ3) is 4.09. The Morgan fingerprint density at radius 3 is 2.50 bits per heavy atom. The summed E-state index contributed by atoms with van der Waals surface area (Å²) in [5.41, 5.74) is 1.38. The Kier molecular flexibility index (Phi) is 6.11. The monoisotopic (exact) mass is 433 g/mol. The second kappa shape index (κ2) is 8.63. The van der Waals surface area contributed by atoms with Gasteiger partial charge in [0.15, 0.2) is 0 Å². The molecule has 0 bridgehead atoms. The van der Waals surface area contributed by atoms with E-state index in [1.54, 1.807) is 22.9 Å². The average molecular weight is 434 g/mol.